The Bertz CT molecular complexity index is 598. The minimum atomic E-state index is -3.34. The number of hydrogen-bond acceptors (Lipinski definition) is 4. The molecule has 1 aromatic carbocycles. The van der Waals surface area contributed by atoms with Crippen molar-refractivity contribution in [1.82, 2.24) is 4.90 Å². The fourth-order valence-electron chi connectivity index (χ4n) is 2.42. The van der Waals surface area contributed by atoms with Crippen molar-refractivity contribution < 1.29 is 27.8 Å². The van der Waals surface area contributed by atoms with E-state index in [1.54, 1.807) is 45.0 Å². The first-order valence-corrected chi connectivity index (χ1v) is 7.68. The van der Waals surface area contributed by atoms with E-state index in [4.69, 9.17) is 9.47 Å². The third-order valence-corrected chi connectivity index (χ3v) is 3.47. The molecule has 0 saturated carbocycles. The Morgan fingerprint density at radius 2 is 1.88 bits per heavy atom. The van der Waals surface area contributed by atoms with Gasteiger partial charge in [0.1, 0.15) is 12.2 Å². The number of carbonyl (C=O) groups is 2. The average Bonchev–Trinajstić information content (AvgIpc) is 2.79. The van der Waals surface area contributed by atoms with Crippen molar-refractivity contribution in [2.45, 2.75) is 51.4 Å². The smallest absolute Gasteiger partial charge is 0.411 e. The van der Waals surface area contributed by atoms with E-state index in [-0.39, 0.29) is 13.2 Å². The van der Waals surface area contributed by atoms with Gasteiger partial charge in [0, 0.05) is 13.0 Å². The van der Waals surface area contributed by atoms with Crippen LogP contribution in [0, 0.1) is 0 Å². The largest absolute Gasteiger partial charge is 0.458 e. The molecule has 0 aromatic heterocycles. The number of likely N-dealkylation sites (tertiary alicyclic amines) is 1. The summed E-state index contributed by atoms with van der Waals surface area (Å²) in [6.45, 7) is 4.43. The lowest BCUT2D eigenvalue weighted by Crippen LogP contribution is -2.50. The number of amides is 1. The second kappa shape index (κ2) is 6.75. The Kier molecular flexibility index (Phi) is 5.11. The van der Waals surface area contributed by atoms with Gasteiger partial charge >= 0.3 is 12.1 Å². The topological polar surface area (TPSA) is 55.8 Å². The van der Waals surface area contributed by atoms with Crippen molar-refractivity contribution in [3.8, 4) is 0 Å². The number of esters is 1. The van der Waals surface area contributed by atoms with Crippen LogP contribution in [0.4, 0.5) is 13.6 Å². The maximum Gasteiger partial charge on any atom is 0.411 e. The van der Waals surface area contributed by atoms with Crippen molar-refractivity contribution in [3.63, 3.8) is 0 Å². The van der Waals surface area contributed by atoms with E-state index < -0.39 is 36.0 Å². The van der Waals surface area contributed by atoms with E-state index in [9.17, 15) is 18.4 Å². The van der Waals surface area contributed by atoms with Gasteiger partial charge in [0.05, 0.1) is 0 Å². The molecule has 1 aliphatic rings. The summed E-state index contributed by atoms with van der Waals surface area (Å²) >= 11 is 0. The van der Waals surface area contributed by atoms with Crippen LogP contribution in [0.15, 0.2) is 30.3 Å². The Morgan fingerprint density at radius 1 is 1.25 bits per heavy atom. The predicted octanol–water partition coefficient (Wildman–Crippen LogP) is 3.37. The van der Waals surface area contributed by atoms with Crippen LogP contribution >= 0.6 is 0 Å². The second-order valence-corrected chi connectivity index (χ2v) is 6.68. The van der Waals surface area contributed by atoms with Crippen LogP contribution in [-0.2, 0) is 20.9 Å². The van der Waals surface area contributed by atoms with Crippen molar-refractivity contribution in [2.75, 3.05) is 6.54 Å². The summed E-state index contributed by atoms with van der Waals surface area (Å²) in [5.74, 6) is -4.46. The molecule has 2 rings (SSSR count). The summed E-state index contributed by atoms with van der Waals surface area (Å²) < 4.78 is 38.2. The van der Waals surface area contributed by atoms with Crippen LogP contribution in [0.3, 0.4) is 0 Å². The normalized spacial score (nSPS) is 19.9. The number of nitrogens with zero attached hydrogens (tertiary/aromatic N) is 1. The number of hydrogen-bond donors (Lipinski definition) is 0. The lowest BCUT2D eigenvalue weighted by molar-refractivity contribution is -0.169. The molecule has 0 spiro atoms. The quantitative estimate of drug-likeness (QED) is 0.791. The number of carbonyl (C=O) groups excluding carboxylic acids is 2. The minimum Gasteiger partial charge on any atom is -0.458 e. The SMILES string of the molecule is CC(C)(C)OC(=O)C1N(C(=O)OCc2ccccc2)CCC1(F)F. The van der Waals surface area contributed by atoms with E-state index >= 15 is 0 Å². The highest BCUT2D eigenvalue weighted by Gasteiger charge is 2.56. The first-order chi connectivity index (χ1) is 11.1. The van der Waals surface area contributed by atoms with Crippen LogP contribution in [-0.4, -0.2) is 41.1 Å². The monoisotopic (exact) mass is 341 g/mol. The van der Waals surface area contributed by atoms with Gasteiger partial charge in [0.25, 0.3) is 5.92 Å². The van der Waals surface area contributed by atoms with Gasteiger partial charge < -0.3 is 9.47 Å². The highest BCUT2D eigenvalue weighted by molar-refractivity contribution is 5.83. The molecule has 0 aliphatic carbocycles. The first-order valence-electron chi connectivity index (χ1n) is 7.68. The first kappa shape index (κ1) is 18.2. The second-order valence-electron chi connectivity index (χ2n) is 6.68. The van der Waals surface area contributed by atoms with E-state index in [0.717, 1.165) is 10.5 Å². The predicted molar refractivity (Wildman–Crippen MR) is 82.5 cm³/mol. The molecule has 132 valence electrons. The van der Waals surface area contributed by atoms with Crippen molar-refractivity contribution in [2.24, 2.45) is 0 Å². The zero-order valence-electron chi connectivity index (χ0n) is 13.9. The van der Waals surface area contributed by atoms with E-state index in [2.05, 4.69) is 0 Å². The fraction of sp³-hybridized carbons (Fsp3) is 0.529. The molecule has 0 radical (unpaired) electrons. The number of alkyl halides is 2. The van der Waals surface area contributed by atoms with E-state index in [1.165, 1.54) is 0 Å². The van der Waals surface area contributed by atoms with Gasteiger partial charge in [-0.05, 0) is 26.3 Å². The van der Waals surface area contributed by atoms with Gasteiger partial charge in [-0.25, -0.2) is 18.4 Å². The zero-order valence-corrected chi connectivity index (χ0v) is 13.9. The highest BCUT2D eigenvalue weighted by Crippen LogP contribution is 2.36. The Labute approximate surface area is 139 Å². The molecule has 1 aromatic rings. The van der Waals surface area contributed by atoms with Crippen LogP contribution in [0.2, 0.25) is 0 Å². The Morgan fingerprint density at radius 3 is 2.46 bits per heavy atom. The third-order valence-electron chi connectivity index (χ3n) is 3.47. The molecule has 0 bridgehead atoms. The minimum absolute atomic E-state index is 0.0528. The molecule has 1 aliphatic heterocycles. The molecule has 1 atom stereocenters. The standard InChI is InChI=1S/C17H21F2NO4/c1-16(2,3)24-14(21)13-17(18,19)9-10-20(13)15(22)23-11-12-7-5-4-6-8-12/h4-8,13H,9-11H2,1-3H3. The van der Waals surface area contributed by atoms with Crippen molar-refractivity contribution in [1.29, 1.82) is 0 Å². The molecule has 5 nitrogen and oxygen atoms in total. The molecular formula is C17H21F2NO4. The van der Waals surface area contributed by atoms with E-state index in [1.807, 2.05) is 6.07 Å². The van der Waals surface area contributed by atoms with Crippen LogP contribution in [0.25, 0.3) is 0 Å². The number of halogens is 2. The molecule has 1 saturated heterocycles. The number of rotatable bonds is 3. The van der Waals surface area contributed by atoms with Crippen molar-refractivity contribution in [3.05, 3.63) is 35.9 Å². The maximum atomic E-state index is 14.1. The Balaban J connectivity index is 2.06. The zero-order chi connectivity index (χ0) is 18.0. The molecule has 7 heteroatoms. The van der Waals surface area contributed by atoms with Gasteiger partial charge in [0.15, 0.2) is 6.04 Å². The van der Waals surface area contributed by atoms with Gasteiger partial charge in [-0.15, -0.1) is 0 Å². The van der Waals surface area contributed by atoms with Crippen LogP contribution < -0.4 is 0 Å². The third kappa shape index (κ3) is 4.43. The van der Waals surface area contributed by atoms with Gasteiger partial charge in [-0.1, -0.05) is 30.3 Å². The number of benzene rings is 1. The van der Waals surface area contributed by atoms with Crippen LogP contribution in [0.5, 0.6) is 0 Å². The average molecular weight is 341 g/mol. The van der Waals surface area contributed by atoms with E-state index in [0.29, 0.717) is 0 Å². The maximum absolute atomic E-state index is 14.1. The molecule has 0 N–H and O–H groups in total. The van der Waals surface area contributed by atoms with Gasteiger partial charge in [0.2, 0.25) is 0 Å². The summed E-state index contributed by atoms with van der Waals surface area (Å²) in [6, 6.07) is 6.90. The summed E-state index contributed by atoms with van der Waals surface area (Å²) in [4.78, 5) is 25.0. The fourth-order valence-corrected chi connectivity index (χ4v) is 2.42. The molecule has 1 fully saturated rings. The Hall–Kier alpha value is -2.18. The highest BCUT2D eigenvalue weighted by atomic mass is 19.3. The molecule has 1 unspecified atom stereocenters. The number of ether oxygens (including phenoxy) is 2. The summed E-state index contributed by atoms with van der Waals surface area (Å²) in [6.07, 6.45) is -1.55. The lowest BCUT2D eigenvalue weighted by Gasteiger charge is -2.29. The molecule has 24 heavy (non-hydrogen) atoms. The molecule has 1 amide bonds. The summed E-state index contributed by atoms with van der Waals surface area (Å²) in [7, 11) is 0. The van der Waals surface area contributed by atoms with Gasteiger partial charge in [-0.3, -0.25) is 4.90 Å². The van der Waals surface area contributed by atoms with Gasteiger partial charge in [-0.2, -0.15) is 0 Å². The summed E-state index contributed by atoms with van der Waals surface area (Å²) in [5.41, 5.74) is -0.194. The van der Waals surface area contributed by atoms with Crippen LogP contribution in [0.1, 0.15) is 32.8 Å². The molecular weight excluding hydrogens is 320 g/mol. The van der Waals surface area contributed by atoms with Crippen molar-refractivity contribution >= 4 is 12.1 Å². The molecule has 1 heterocycles. The lowest BCUT2D eigenvalue weighted by atomic mass is 10.1. The summed E-state index contributed by atoms with van der Waals surface area (Å²) in [5, 5.41) is 0.